The third kappa shape index (κ3) is 7.94. The molecular weight excluding hydrogens is 367 g/mol. The molecule has 0 atom stereocenters. The molecule has 0 aliphatic rings. The van der Waals surface area contributed by atoms with Crippen LogP contribution in [0.15, 0.2) is 53.5 Å². The molecule has 0 heterocycles. The zero-order valence-corrected chi connectivity index (χ0v) is 17.7. The van der Waals surface area contributed by atoms with Gasteiger partial charge in [-0.1, -0.05) is 30.3 Å². The third-order valence-electron chi connectivity index (χ3n) is 4.09. The van der Waals surface area contributed by atoms with Crippen molar-refractivity contribution in [2.24, 2.45) is 4.99 Å². The quantitative estimate of drug-likeness (QED) is 0.493. The summed E-state index contributed by atoms with van der Waals surface area (Å²) in [6, 6.07) is 14.2. The van der Waals surface area contributed by atoms with Gasteiger partial charge in [0.1, 0.15) is 5.82 Å². The number of guanidine groups is 1. The summed E-state index contributed by atoms with van der Waals surface area (Å²) in [7, 11) is 0. The molecule has 3 N–H and O–H groups in total. The van der Waals surface area contributed by atoms with Gasteiger partial charge in [0.25, 0.3) is 5.91 Å². The fourth-order valence-electron chi connectivity index (χ4n) is 2.75. The molecule has 6 heteroatoms. The van der Waals surface area contributed by atoms with E-state index in [1.165, 1.54) is 6.07 Å². The van der Waals surface area contributed by atoms with Crippen LogP contribution in [0.4, 0.5) is 4.39 Å². The molecule has 29 heavy (non-hydrogen) atoms. The standard InChI is InChI=1S/C23H31FN4O/c1-5-25-22(26-14-13-18-10-6-7-12-20(18)24)27-16-17-9-8-11-19(15-17)21(29)28-23(2,3)4/h6-12,15H,5,13-14,16H2,1-4H3,(H,28,29)(H2,25,26,27). The number of hydrogen-bond acceptors (Lipinski definition) is 2. The van der Waals surface area contributed by atoms with E-state index < -0.39 is 0 Å². The SMILES string of the molecule is CCNC(=NCc1cccc(C(=O)NC(C)(C)C)c1)NCCc1ccccc1F. The number of halogens is 1. The van der Waals surface area contributed by atoms with Crippen molar-refractivity contribution in [2.75, 3.05) is 13.1 Å². The maximum Gasteiger partial charge on any atom is 0.251 e. The van der Waals surface area contributed by atoms with E-state index in [-0.39, 0.29) is 17.3 Å². The highest BCUT2D eigenvalue weighted by Gasteiger charge is 2.15. The Balaban J connectivity index is 1.98. The highest BCUT2D eigenvalue weighted by Crippen LogP contribution is 2.09. The molecule has 156 valence electrons. The first-order chi connectivity index (χ1) is 13.8. The van der Waals surface area contributed by atoms with Crippen molar-refractivity contribution in [3.05, 3.63) is 71.0 Å². The van der Waals surface area contributed by atoms with Crippen molar-refractivity contribution in [3.63, 3.8) is 0 Å². The van der Waals surface area contributed by atoms with E-state index in [0.717, 1.165) is 12.1 Å². The molecule has 0 unspecified atom stereocenters. The van der Waals surface area contributed by atoms with E-state index in [0.29, 0.717) is 36.6 Å². The minimum atomic E-state index is -0.286. The van der Waals surface area contributed by atoms with Crippen molar-refractivity contribution < 1.29 is 9.18 Å². The summed E-state index contributed by atoms with van der Waals surface area (Å²) in [5.41, 5.74) is 1.95. The summed E-state index contributed by atoms with van der Waals surface area (Å²) in [5, 5.41) is 9.38. The number of hydrogen-bond donors (Lipinski definition) is 3. The van der Waals surface area contributed by atoms with Crippen LogP contribution in [0.2, 0.25) is 0 Å². The maximum atomic E-state index is 13.7. The normalized spacial score (nSPS) is 11.8. The van der Waals surface area contributed by atoms with Gasteiger partial charge in [-0.2, -0.15) is 0 Å². The van der Waals surface area contributed by atoms with E-state index >= 15 is 0 Å². The van der Waals surface area contributed by atoms with Crippen molar-refractivity contribution >= 4 is 11.9 Å². The maximum absolute atomic E-state index is 13.7. The van der Waals surface area contributed by atoms with Crippen LogP contribution in [0.1, 0.15) is 49.2 Å². The summed E-state index contributed by atoms with van der Waals surface area (Å²) in [5.74, 6) is 0.369. The Morgan fingerprint density at radius 2 is 1.83 bits per heavy atom. The molecule has 5 nitrogen and oxygen atoms in total. The van der Waals surface area contributed by atoms with Gasteiger partial charge >= 0.3 is 0 Å². The van der Waals surface area contributed by atoms with Crippen molar-refractivity contribution in [2.45, 2.75) is 46.2 Å². The Bertz CT molecular complexity index is 843. The van der Waals surface area contributed by atoms with Gasteiger partial charge < -0.3 is 16.0 Å². The predicted molar refractivity (Wildman–Crippen MR) is 117 cm³/mol. The highest BCUT2D eigenvalue weighted by atomic mass is 19.1. The van der Waals surface area contributed by atoms with Crippen LogP contribution in [0.5, 0.6) is 0 Å². The molecule has 0 bridgehead atoms. The lowest BCUT2D eigenvalue weighted by atomic mass is 10.1. The number of nitrogens with one attached hydrogen (secondary N) is 3. The molecule has 0 spiro atoms. The second-order valence-electron chi connectivity index (χ2n) is 7.87. The smallest absolute Gasteiger partial charge is 0.251 e. The fraction of sp³-hybridized carbons (Fsp3) is 0.391. The molecule has 0 saturated carbocycles. The van der Waals surface area contributed by atoms with E-state index in [2.05, 4.69) is 20.9 Å². The molecule has 2 aromatic carbocycles. The van der Waals surface area contributed by atoms with Crippen molar-refractivity contribution in [1.29, 1.82) is 0 Å². The first kappa shape index (κ1) is 22.4. The molecule has 2 rings (SSSR count). The van der Waals surface area contributed by atoms with Crippen LogP contribution in [0.3, 0.4) is 0 Å². The number of rotatable bonds is 7. The lowest BCUT2D eigenvalue weighted by Gasteiger charge is -2.20. The Kier molecular flexibility index (Phi) is 8.19. The zero-order valence-electron chi connectivity index (χ0n) is 17.7. The topological polar surface area (TPSA) is 65.5 Å². The second-order valence-corrected chi connectivity index (χ2v) is 7.87. The summed E-state index contributed by atoms with van der Waals surface area (Å²) < 4.78 is 13.7. The zero-order chi connectivity index (χ0) is 21.3. The molecular formula is C23H31FN4O. The molecule has 0 aliphatic carbocycles. The lowest BCUT2D eigenvalue weighted by Crippen LogP contribution is -2.40. The molecule has 0 aliphatic heterocycles. The van der Waals surface area contributed by atoms with Gasteiger partial charge in [0, 0.05) is 24.2 Å². The largest absolute Gasteiger partial charge is 0.357 e. The predicted octanol–water partition coefficient (Wildman–Crippen LogP) is 3.65. The Labute approximate surface area is 172 Å². The summed E-state index contributed by atoms with van der Waals surface area (Å²) in [4.78, 5) is 16.9. The number of nitrogens with zero attached hydrogens (tertiary/aromatic N) is 1. The Hall–Kier alpha value is -2.89. The Morgan fingerprint density at radius 3 is 2.52 bits per heavy atom. The van der Waals surface area contributed by atoms with Crippen LogP contribution in [0, 0.1) is 5.82 Å². The summed E-state index contributed by atoms with van der Waals surface area (Å²) >= 11 is 0. The minimum Gasteiger partial charge on any atom is -0.357 e. The average Bonchev–Trinajstić information content (AvgIpc) is 2.66. The van der Waals surface area contributed by atoms with Gasteiger partial charge in [-0.15, -0.1) is 0 Å². The summed E-state index contributed by atoms with van der Waals surface area (Å²) in [6.45, 7) is 9.58. The molecule has 0 radical (unpaired) electrons. The number of benzene rings is 2. The Morgan fingerprint density at radius 1 is 1.07 bits per heavy atom. The van der Waals surface area contributed by atoms with Crippen LogP contribution < -0.4 is 16.0 Å². The first-order valence-corrected chi connectivity index (χ1v) is 9.95. The van der Waals surface area contributed by atoms with Crippen LogP contribution in [-0.4, -0.2) is 30.5 Å². The van der Waals surface area contributed by atoms with Crippen molar-refractivity contribution in [3.8, 4) is 0 Å². The highest BCUT2D eigenvalue weighted by molar-refractivity contribution is 5.94. The van der Waals surface area contributed by atoms with Gasteiger partial charge in [0.2, 0.25) is 0 Å². The van der Waals surface area contributed by atoms with Gasteiger partial charge in [0.15, 0.2) is 5.96 Å². The van der Waals surface area contributed by atoms with Crippen LogP contribution in [-0.2, 0) is 13.0 Å². The van der Waals surface area contributed by atoms with Crippen LogP contribution in [0.25, 0.3) is 0 Å². The minimum absolute atomic E-state index is 0.0988. The molecule has 1 amide bonds. The second kappa shape index (κ2) is 10.6. The number of amides is 1. The van der Waals surface area contributed by atoms with Crippen LogP contribution >= 0.6 is 0 Å². The first-order valence-electron chi connectivity index (χ1n) is 9.95. The third-order valence-corrected chi connectivity index (χ3v) is 4.09. The summed E-state index contributed by atoms with van der Waals surface area (Å²) in [6.07, 6.45) is 0.569. The molecule has 2 aromatic rings. The van der Waals surface area contributed by atoms with E-state index in [4.69, 9.17) is 0 Å². The molecule has 0 fully saturated rings. The van der Waals surface area contributed by atoms with Gasteiger partial charge in [-0.3, -0.25) is 4.79 Å². The van der Waals surface area contributed by atoms with Gasteiger partial charge in [-0.05, 0) is 63.4 Å². The number of carbonyl (C=O) groups is 1. The fourth-order valence-corrected chi connectivity index (χ4v) is 2.75. The monoisotopic (exact) mass is 398 g/mol. The van der Waals surface area contributed by atoms with Gasteiger partial charge in [-0.25, -0.2) is 9.38 Å². The lowest BCUT2D eigenvalue weighted by molar-refractivity contribution is 0.0919. The molecule has 0 saturated heterocycles. The van der Waals surface area contributed by atoms with Crippen molar-refractivity contribution in [1.82, 2.24) is 16.0 Å². The number of aliphatic imine (C=N–C) groups is 1. The van der Waals surface area contributed by atoms with E-state index in [1.54, 1.807) is 18.2 Å². The molecule has 0 aromatic heterocycles. The number of carbonyl (C=O) groups excluding carboxylic acids is 1. The van der Waals surface area contributed by atoms with E-state index in [1.807, 2.05) is 52.0 Å². The van der Waals surface area contributed by atoms with E-state index in [9.17, 15) is 9.18 Å². The van der Waals surface area contributed by atoms with Gasteiger partial charge in [0.05, 0.1) is 6.54 Å². The average molecular weight is 399 g/mol.